The number of aromatic amines is 1. The van der Waals surface area contributed by atoms with Crippen LogP contribution in [0, 0.1) is 0 Å². The van der Waals surface area contributed by atoms with E-state index in [4.69, 9.17) is 0 Å². The Morgan fingerprint density at radius 2 is 2.33 bits per heavy atom. The zero-order valence-corrected chi connectivity index (χ0v) is 10.0. The maximum atomic E-state index is 11.6. The molecule has 2 aromatic rings. The Morgan fingerprint density at radius 3 is 3.06 bits per heavy atom. The number of benzene rings is 1. The maximum Gasteiger partial charge on any atom is 0.224 e. The molecule has 1 aromatic heterocycles. The van der Waals surface area contributed by atoms with Crippen LogP contribution in [0.1, 0.15) is 12.8 Å². The number of hydrogen-bond acceptors (Lipinski definition) is 2. The number of hydrogen-bond donors (Lipinski definition) is 2. The molecule has 0 radical (unpaired) electrons. The quantitative estimate of drug-likeness (QED) is 0.790. The van der Waals surface area contributed by atoms with Crippen LogP contribution in [-0.4, -0.2) is 16.1 Å². The summed E-state index contributed by atoms with van der Waals surface area (Å²) in [5.41, 5.74) is 2.81. The molecule has 2 N–H and O–H groups in total. The molecule has 1 amide bonds. The lowest BCUT2D eigenvalue weighted by atomic mass is 10.1. The van der Waals surface area contributed by atoms with E-state index >= 15 is 0 Å². The van der Waals surface area contributed by atoms with Gasteiger partial charge in [-0.1, -0.05) is 18.2 Å². The lowest BCUT2D eigenvalue weighted by Gasteiger charge is -2.05. The first-order valence-corrected chi connectivity index (χ1v) is 5.79. The zero-order chi connectivity index (χ0) is 12.8. The average molecular weight is 241 g/mol. The highest BCUT2D eigenvalue weighted by molar-refractivity contribution is 5.91. The first-order chi connectivity index (χ1) is 8.79. The maximum absolute atomic E-state index is 11.6. The molecule has 4 nitrogen and oxygen atoms in total. The van der Waals surface area contributed by atoms with Gasteiger partial charge in [-0.3, -0.25) is 9.89 Å². The van der Waals surface area contributed by atoms with E-state index in [0.717, 1.165) is 16.8 Å². The molecular formula is C14H15N3O. The highest BCUT2D eigenvalue weighted by Gasteiger charge is 2.03. The molecule has 0 spiro atoms. The van der Waals surface area contributed by atoms with Gasteiger partial charge >= 0.3 is 0 Å². The van der Waals surface area contributed by atoms with E-state index in [1.807, 2.05) is 30.5 Å². The molecule has 0 unspecified atom stereocenters. The molecule has 0 bridgehead atoms. The van der Waals surface area contributed by atoms with Crippen LogP contribution in [0.15, 0.2) is 49.3 Å². The fourth-order valence-corrected chi connectivity index (χ4v) is 1.64. The summed E-state index contributed by atoms with van der Waals surface area (Å²) < 4.78 is 0. The monoisotopic (exact) mass is 241 g/mol. The fourth-order valence-electron chi connectivity index (χ4n) is 1.64. The van der Waals surface area contributed by atoms with E-state index in [2.05, 4.69) is 22.1 Å². The van der Waals surface area contributed by atoms with Gasteiger partial charge in [0.1, 0.15) is 0 Å². The van der Waals surface area contributed by atoms with Crippen molar-refractivity contribution in [3.63, 3.8) is 0 Å². The van der Waals surface area contributed by atoms with Crippen molar-refractivity contribution >= 4 is 11.6 Å². The van der Waals surface area contributed by atoms with Crippen LogP contribution < -0.4 is 5.32 Å². The summed E-state index contributed by atoms with van der Waals surface area (Å²) in [4.78, 5) is 11.6. The van der Waals surface area contributed by atoms with E-state index in [0.29, 0.717) is 12.8 Å². The molecule has 0 aliphatic carbocycles. The minimum absolute atomic E-state index is 0.000700. The summed E-state index contributed by atoms with van der Waals surface area (Å²) >= 11 is 0. The van der Waals surface area contributed by atoms with Gasteiger partial charge in [-0.05, 0) is 24.1 Å². The SMILES string of the molecule is C=CCCC(=O)Nc1cccc(-c2cn[nH]c2)c1. The number of nitrogens with one attached hydrogen (secondary N) is 2. The van der Waals surface area contributed by atoms with Crippen molar-refractivity contribution in [3.8, 4) is 11.1 Å². The Balaban J connectivity index is 2.08. The highest BCUT2D eigenvalue weighted by Crippen LogP contribution is 2.21. The number of amides is 1. The number of aromatic nitrogens is 2. The second-order valence-corrected chi connectivity index (χ2v) is 3.94. The van der Waals surface area contributed by atoms with Crippen LogP contribution >= 0.6 is 0 Å². The molecule has 0 saturated carbocycles. The molecule has 0 aliphatic heterocycles. The molecule has 0 atom stereocenters. The van der Waals surface area contributed by atoms with Gasteiger partial charge in [-0.2, -0.15) is 5.10 Å². The van der Waals surface area contributed by atoms with E-state index in [9.17, 15) is 4.79 Å². The highest BCUT2D eigenvalue weighted by atomic mass is 16.1. The average Bonchev–Trinajstić information content (AvgIpc) is 2.90. The Morgan fingerprint density at radius 1 is 1.44 bits per heavy atom. The molecule has 4 heteroatoms. The van der Waals surface area contributed by atoms with Crippen LogP contribution in [0.3, 0.4) is 0 Å². The van der Waals surface area contributed by atoms with Gasteiger partial charge in [-0.25, -0.2) is 0 Å². The van der Waals surface area contributed by atoms with Crippen molar-refractivity contribution < 1.29 is 4.79 Å². The van der Waals surface area contributed by atoms with Gasteiger partial charge in [0, 0.05) is 23.9 Å². The first-order valence-electron chi connectivity index (χ1n) is 5.79. The van der Waals surface area contributed by atoms with Crippen molar-refractivity contribution in [1.82, 2.24) is 10.2 Å². The number of rotatable bonds is 5. The summed E-state index contributed by atoms with van der Waals surface area (Å²) in [5.74, 6) is -0.000700. The van der Waals surface area contributed by atoms with E-state index in [-0.39, 0.29) is 5.91 Å². The minimum Gasteiger partial charge on any atom is -0.326 e. The van der Waals surface area contributed by atoms with Crippen molar-refractivity contribution in [2.24, 2.45) is 0 Å². The Labute approximate surface area is 106 Å². The third kappa shape index (κ3) is 3.07. The molecule has 0 saturated heterocycles. The Hall–Kier alpha value is -2.36. The van der Waals surface area contributed by atoms with Crippen molar-refractivity contribution in [1.29, 1.82) is 0 Å². The standard InChI is InChI=1S/C14H15N3O/c1-2-3-7-14(18)17-13-6-4-5-11(8-13)12-9-15-16-10-12/h2,4-6,8-10H,1,3,7H2,(H,15,16)(H,17,18). The van der Waals surface area contributed by atoms with Gasteiger partial charge in [0.05, 0.1) is 6.20 Å². The van der Waals surface area contributed by atoms with Gasteiger partial charge in [0.15, 0.2) is 0 Å². The van der Waals surface area contributed by atoms with E-state index in [1.54, 1.807) is 12.3 Å². The summed E-state index contributed by atoms with van der Waals surface area (Å²) in [6.45, 7) is 3.60. The molecule has 1 heterocycles. The lowest BCUT2D eigenvalue weighted by Crippen LogP contribution is -2.10. The molecule has 0 aliphatic rings. The summed E-state index contributed by atoms with van der Waals surface area (Å²) in [5, 5.41) is 9.54. The fraction of sp³-hybridized carbons (Fsp3) is 0.143. The van der Waals surface area contributed by atoms with Crippen molar-refractivity contribution in [2.75, 3.05) is 5.32 Å². The first kappa shape index (κ1) is 12.1. The van der Waals surface area contributed by atoms with Gasteiger partial charge in [0.2, 0.25) is 5.91 Å². The third-order valence-corrected chi connectivity index (χ3v) is 2.55. The van der Waals surface area contributed by atoms with Gasteiger partial charge < -0.3 is 5.32 Å². The molecule has 1 aromatic carbocycles. The molecular weight excluding hydrogens is 226 g/mol. The molecule has 18 heavy (non-hydrogen) atoms. The number of H-pyrrole nitrogens is 1. The number of nitrogens with zero attached hydrogens (tertiary/aromatic N) is 1. The summed E-state index contributed by atoms with van der Waals surface area (Å²) in [7, 11) is 0. The van der Waals surface area contributed by atoms with Crippen LogP contribution in [0.4, 0.5) is 5.69 Å². The second-order valence-electron chi connectivity index (χ2n) is 3.94. The Bertz CT molecular complexity index is 532. The van der Waals surface area contributed by atoms with Crippen LogP contribution in [-0.2, 0) is 4.79 Å². The second kappa shape index (κ2) is 5.82. The largest absolute Gasteiger partial charge is 0.326 e. The lowest BCUT2D eigenvalue weighted by molar-refractivity contribution is -0.116. The Kier molecular flexibility index (Phi) is 3.91. The van der Waals surface area contributed by atoms with E-state index in [1.165, 1.54) is 0 Å². The zero-order valence-electron chi connectivity index (χ0n) is 10.0. The normalized spacial score (nSPS) is 10.0. The minimum atomic E-state index is -0.000700. The topological polar surface area (TPSA) is 57.8 Å². The van der Waals surface area contributed by atoms with E-state index < -0.39 is 0 Å². The number of carbonyl (C=O) groups excluding carboxylic acids is 1. The van der Waals surface area contributed by atoms with Gasteiger partial charge in [0.25, 0.3) is 0 Å². The smallest absolute Gasteiger partial charge is 0.224 e. The number of allylic oxidation sites excluding steroid dienone is 1. The predicted octanol–water partition coefficient (Wildman–Crippen LogP) is 2.98. The molecule has 0 fully saturated rings. The van der Waals surface area contributed by atoms with Crippen LogP contribution in [0.25, 0.3) is 11.1 Å². The summed E-state index contributed by atoms with van der Waals surface area (Å²) in [6, 6.07) is 7.68. The predicted molar refractivity (Wildman–Crippen MR) is 72.1 cm³/mol. The van der Waals surface area contributed by atoms with Crippen LogP contribution in [0.5, 0.6) is 0 Å². The van der Waals surface area contributed by atoms with Crippen molar-refractivity contribution in [3.05, 3.63) is 49.3 Å². The molecule has 92 valence electrons. The number of anilines is 1. The summed E-state index contributed by atoms with van der Waals surface area (Å²) in [6.07, 6.45) is 6.45. The molecule has 2 rings (SSSR count). The van der Waals surface area contributed by atoms with Gasteiger partial charge in [-0.15, -0.1) is 6.58 Å². The van der Waals surface area contributed by atoms with Crippen LogP contribution in [0.2, 0.25) is 0 Å². The third-order valence-electron chi connectivity index (χ3n) is 2.55. The number of carbonyl (C=O) groups is 1. The van der Waals surface area contributed by atoms with Crippen molar-refractivity contribution in [2.45, 2.75) is 12.8 Å².